The van der Waals surface area contributed by atoms with Gasteiger partial charge in [-0.2, -0.15) is 23.2 Å². The number of sulfonamides is 1. The third kappa shape index (κ3) is 13.4. The molecule has 140 valence electrons. The number of unbranched alkanes of at least 4 members (excludes halogenated alkanes) is 10. The lowest BCUT2D eigenvalue weighted by atomic mass is 10.1. The number of rotatable bonds is 15. The number of hydrogen-bond acceptors (Lipinski definition) is 4. The number of hydrogen-bond donors (Lipinski definition) is 0. The Morgan fingerprint density at radius 2 is 1.12 bits per heavy atom. The molecular formula is C19H31N3O2S. The predicted molar refractivity (Wildman–Crippen MR) is 101 cm³/mol. The van der Waals surface area contributed by atoms with Gasteiger partial charge in [-0.15, -0.1) is 0 Å². The molecule has 0 aromatic rings. The summed E-state index contributed by atoms with van der Waals surface area (Å²) in [6.07, 6.45) is 10.8. The molecule has 0 unspecified atom stereocenters. The van der Waals surface area contributed by atoms with Gasteiger partial charge in [-0.3, -0.25) is 0 Å². The Labute approximate surface area is 154 Å². The number of nitriles is 2. The van der Waals surface area contributed by atoms with E-state index < -0.39 is 10.0 Å². The van der Waals surface area contributed by atoms with Gasteiger partial charge >= 0.3 is 0 Å². The zero-order chi connectivity index (χ0) is 18.8. The van der Waals surface area contributed by atoms with E-state index in [0.29, 0.717) is 25.9 Å². The maximum Gasteiger partial charge on any atom is 0.282 e. The van der Waals surface area contributed by atoms with Gasteiger partial charge in [0.05, 0.1) is 12.1 Å². The minimum atomic E-state index is -3.49. The van der Waals surface area contributed by atoms with Crippen LogP contribution in [0.1, 0.15) is 84.0 Å². The van der Waals surface area contributed by atoms with Crippen LogP contribution in [-0.4, -0.2) is 25.8 Å². The molecule has 0 aromatic carbocycles. The smallest absolute Gasteiger partial charge is 0.198 e. The first kappa shape index (κ1) is 23.4. The second-order valence-corrected chi connectivity index (χ2v) is 7.78. The molecule has 0 atom stereocenters. The molecule has 25 heavy (non-hydrogen) atoms. The van der Waals surface area contributed by atoms with Gasteiger partial charge in [0.25, 0.3) is 10.0 Å². The van der Waals surface area contributed by atoms with E-state index in [1.807, 2.05) is 0 Å². The van der Waals surface area contributed by atoms with Crippen molar-refractivity contribution < 1.29 is 8.42 Å². The maximum absolute atomic E-state index is 12.2. The molecule has 0 heterocycles. The zero-order valence-corrected chi connectivity index (χ0v) is 16.3. The van der Waals surface area contributed by atoms with Crippen molar-refractivity contribution in [2.24, 2.45) is 0 Å². The molecule has 0 N–H and O–H groups in total. The van der Waals surface area contributed by atoms with E-state index in [4.69, 9.17) is 10.5 Å². The first-order chi connectivity index (χ1) is 12.1. The van der Waals surface area contributed by atoms with Crippen LogP contribution in [0.2, 0.25) is 0 Å². The van der Waals surface area contributed by atoms with Crippen LogP contribution in [0.25, 0.3) is 0 Å². The Kier molecular flexibility index (Phi) is 15.0. The fraction of sp³-hybridized carbons (Fsp3) is 0.789. The van der Waals surface area contributed by atoms with Gasteiger partial charge in [0.1, 0.15) is 0 Å². The van der Waals surface area contributed by atoms with Crippen molar-refractivity contribution in [1.82, 2.24) is 4.31 Å². The van der Waals surface area contributed by atoms with E-state index in [1.54, 1.807) is 6.92 Å². The van der Waals surface area contributed by atoms with Crippen molar-refractivity contribution in [2.45, 2.75) is 84.0 Å². The Bertz CT molecular complexity index is 549. The first-order valence-corrected chi connectivity index (χ1v) is 10.7. The summed E-state index contributed by atoms with van der Waals surface area (Å²) in [6.45, 7) is 2.58. The molecule has 0 saturated carbocycles. The zero-order valence-electron chi connectivity index (χ0n) is 15.5. The molecular weight excluding hydrogens is 334 g/mol. The maximum atomic E-state index is 12.2. The highest BCUT2D eigenvalue weighted by Gasteiger charge is 2.18. The molecule has 0 aliphatic carbocycles. The monoisotopic (exact) mass is 365 g/mol. The van der Waals surface area contributed by atoms with Gasteiger partial charge in [-0.05, 0) is 32.6 Å². The van der Waals surface area contributed by atoms with Crippen LogP contribution in [0, 0.1) is 33.8 Å². The summed E-state index contributed by atoms with van der Waals surface area (Å²) in [4.78, 5) is 0. The van der Waals surface area contributed by atoms with Crippen LogP contribution in [0.3, 0.4) is 0 Å². The molecule has 0 aliphatic heterocycles. The average molecular weight is 366 g/mol. The SMILES string of the molecule is CC#CS(=O)(=O)N(CCCCCCCC#N)CCCCCCCC#N. The summed E-state index contributed by atoms with van der Waals surface area (Å²) in [5.74, 6) is 2.50. The van der Waals surface area contributed by atoms with Crippen LogP contribution in [0.5, 0.6) is 0 Å². The largest absolute Gasteiger partial charge is 0.282 e. The van der Waals surface area contributed by atoms with E-state index in [0.717, 1.165) is 64.2 Å². The summed E-state index contributed by atoms with van der Waals surface area (Å²) in [7, 11) is -3.49. The lowest BCUT2D eigenvalue weighted by Crippen LogP contribution is -2.31. The highest BCUT2D eigenvalue weighted by molar-refractivity contribution is 7.93. The van der Waals surface area contributed by atoms with Crippen molar-refractivity contribution in [3.8, 4) is 23.3 Å². The highest BCUT2D eigenvalue weighted by atomic mass is 32.2. The van der Waals surface area contributed by atoms with E-state index >= 15 is 0 Å². The minimum Gasteiger partial charge on any atom is -0.198 e. The lowest BCUT2D eigenvalue weighted by Gasteiger charge is -2.19. The molecule has 0 rings (SSSR count). The van der Waals surface area contributed by atoms with Gasteiger partial charge in [-0.1, -0.05) is 44.4 Å². The van der Waals surface area contributed by atoms with Crippen LogP contribution < -0.4 is 0 Å². The summed E-state index contributed by atoms with van der Waals surface area (Å²) < 4.78 is 26.0. The van der Waals surface area contributed by atoms with Crippen molar-refractivity contribution in [2.75, 3.05) is 13.1 Å². The Hall–Kier alpha value is -1.55. The van der Waals surface area contributed by atoms with E-state index in [9.17, 15) is 8.42 Å². The molecule has 6 heteroatoms. The van der Waals surface area contributed by atoms with Gasteiger partial charge < -0.3 is 0 Å². The molecule has 0 aromatic heterocycles. The summed E-state index contributed by atoms with van der Waals surface area (Å²) >= 11 is 0. The van der Waals surface area contributed by atoms with Gasteiger partial charge in [0.15, 0.2) is 0 Å². The molecule has 0 radical (unpaired) electrons. The first-order valence-electron chi connectivity index (χ1n) is 9.26. The molecule has 0 spiro atoms. The van der Waals surface area contributed by atoms with E-state index in [-0.39, 0.29) is 0 Å². The average Bonchev–Trinajstić information content (AvgIpc) is 2.58. The number of nitrogens with zero attached hydrogens (tertiary/aromatic N) is 3. The Morgan fingerprint density at radius 3 is 1.52 bits per heavy atom. The molecule has 0 amide bonds. The summed E-state index contributed by atoms with van der Waals surface area (Å²) in [6, 6.07) is 4.27. The third-order valence-corrected chi connectivity index (χ3v) is 5.47. The van der Waals surface area contributed by atoms with Gasteiger partial charge in [-0.25, -0.2) is 0 Å². The topological polar surface area (TPSA) is 85.0 Å². The second kappa shape index (κ2) is 15.9. The van der Waals surface area contributed by atoms with Crippen molar-refractivity contribution in [3.63, 3.8) is 0 Å². The highest BCUT2D eigenvalue weighted by Crippen LogP contribution is 2.11. The van der Waals surface area contributed by atoms with Crippen molar-refractivity contribution in [3.05, 3.63) is 0 Å². The quantitative estimate of drug-likeness (QED) is 0.319. The van der Waals surface area contributed by atoms with Gasteiger partial charge in [0.2, 0.25) is 0 Å². The minimum absolute atomic E-state index is 0.518. The van der Waals surface area contributed by atoms with Crippen LogP contribution >= 0.6 is 0 Å². The molecule has 0 fully saturated rings. The van der Waals surface area contributed by atoms with Crippen LogP contribution in [-0.2, 0) is 10.0 Å². The standard InChI is InChI=1S/C19H31N3O2S/c1-2-19-25(23,24)22(17-13-9-5-3-7-11-15-20)18-14-10-6-4-8-12-16-21/h3-14,17-18H2,1H3. The second-order valence-electron chi connectivity index (χ2n) is 6.11. The van der Waals surface area contributed by atoms with Crippen LogP contribution in [0.15, 0.2) is 0 Å². The Morgan fingerprint density at radius 1 is 0.720 bits per heavy atom. The summed E-state index contributed by atoms with van der Waals surface area (Å²) in [5, 5.41) is 19.3. The molecule has 0 aliphatic rings. The summed E-state index contributed by atoms with van der Waals surface area (Å²) in [5.41, 5.74) is 0. The predicted octanol–water partition coefficient (Wildman–Crippen LogP) is 4.33. The Balaban J connectivity index is 4.15. The van der Waals surface area contributed by atoms with Crippen LogP contribution in [0.4, 0.5) is 0 Å². The lowest BCUT2D eigenvalue weighted by molar-refractivity contribution is 0.389. The third-order valence-electron chi connectivity index (χ3n) is 3.96. The molecule has 5 nitrogen and oxygen atoms in total. The van der Waals surface area contributed by atoms with Crippen molar-refractivity contribution in [1.29, 1.82) is 10.5 Å². The molecule has 0 bridgehead atoms. The fourth-order valence-electron chi connectivity index (χ4n) is 2.59. The molecule has 0 saturated heterocycles. The van der Waals surface area contributed by atoms with E-state index in [1.165, 1.54) is 4.31 Å². The normalized spacial score (nSPS) is 10.7. The van der Waals surface area contributed by atoms with Gasteiger partial charge in [0, 0.05) is 31.2 Å². The van der Waals surface area contributed by atoms with E-state index in [2.05, 4.69) is 23.3 Å². The van der Waals surface area contributed by atoms with Crippen molar-refractivity contribution >= 4 is 10.0 Å². The fourth-order valence-corrected chi connectivity index (χ4v) is 3.72.